The van der Waals surface area contributed by atoms with Crippen molar-refractivity contribution in [2.75, 3.05) is 11.6 Å². The van der Waals surface area contributed by atoms with Gasteiger partial charge in [0.25, 0.3) is 0 Å². The Kier molecular flexibility index (Phi) is 4.29. The predicted octanol–water partition coefficient (Wildman–Crippen LogP) is 5.78. The monoisotopic (exact) mass is 403 g/mol. The maximum atomic E-state index is 12.4. The Morgan fingerprint density at radius 2 is 1.83 bits per heavy atom. The van der Waals surface area contributed by atoms with Crippen molar-refractivity contribution in [3.8, 4) is 16.9 Å². The van der Waals surface area contributed by atoms with Gasteiger partial charge in [-0.1, -0.05) is 48.0 Å². The molecule has 0 fully saturated rings. The third-order valence-corrected chi connectivity index (χ3v) is 5.53. The first-order chi connectivity index (χ1) is 14.1. The van der Waals surface area contributed by atoms with E-state index in [9.17, 15) is 4.79 Å². The second kappa shape index (κ2) is 6.98. The molecule has 5 rings (SSSR count). The van der Waals surface area contributed by atoms with Crippen LogP contribution >= 0.6 is 11.6 Å². The Balaban J connectivity index is 1.67. The van der Waals surface area contributed by atoms with Crippen LogP contribution in [0.3, 0.4) is 0 Å². The van der Waals surface area contributed by atoms with Gasteiger partial charge in [-0.15, -0.1) is 0 Å². The average molecular weight is 404 g/mol. The van der Waals surface area contributed by atoms with Gasteiger partial charge in [0.05, 0.1) is 12.1 Å². The molecular weight excluding hydrogens is 386 g/mol. The van der Waals surface area contributed by atoms with Crippen LogP contribution in [0, 0.1) is 6.92 Å². The molecule has 0 amide bonds. The van der Waals surface area contributed by atoms with Crippen molar-refractivity contribution in [1.29, 1.82) is 0 Å². The van der Waals surface area contributed by atoms with Gasteiger partial charge in [0.1, 0.15) is 11.3 Å². The molecule has 0 spiro atoms. The van der Waals surface area contributed by atoms with Crippen molar-refractivity contribution in [3.63, 3.8) is 0 Å². The Morgan fingerprint density at radius 1 is 1.00 bits per heavy atom. The largest absolute Gasteiger partial charge is 0.473 e. The quantitative estimate of drug-likeness (QED) is 0.398. The summed E-state index contributed by atoms with van der Waals surface area (Å²) in [6.07, 6.45) is 0. The average Bonchev–Trinajstić information content (AvgIpc) is 2.75. The molecule has 0 N–H and O–H groups in total. The molecule has 0 unspecified atom stereocenters. The molecule has 0 bridgehead atoms. The van der Waals surface area contributed by atoms with E-state index in [0.29, 0.717) is 23.9 Å². The van der Waals surface area contributed by atoms with E-state index in [-0.39, 0.29) is 5.63 Å². The number of aryl methyl sites for hydroxylation is 1. The van der Waals surface area contributed by atoms with Crippen LogP contribution in [0.15, 0.2) is 75.9 Å². The number of anilines is 1. The van der Waals surface area contributed by atoms with Crippen LogP contribution in [0.2, 0.25) is 5.02 Å². The smallest absolute Gasteiger partial charge is 0.336 e. The lowest BCUT2D eigenvalue weighted by Gasteiger charge is -2.32. The topological polar surface area (TPSA) is 42.7 Å². The maximum Gasteiger partial charge on any atom is 0.336 e. The van der Waals surface area contributed by atoms with Crippen molar-refractivity contribution in [2.24, 2.45) is 0 Å². The van der Waals surface area contributed by atoms with E-state index in [2.05, 4.69) is 4.90 Å². The van der Waals surface area contributed by atoms with Gasteiger partial charge in [-0.25, -0.2) is 4.79 Å². The van der Waals surface area contributed by atoms with Gasteiger partial charge in [0.2, 0.25) is 0 Å². The van der Waals surface area contributed by atoms with Gasteiger partial charge in [-0.3, -0.25) is 0 Å². The lowest BCUT2D eigenvalue weighted by molar-refractivity contribution is 0.289. The summed E-state index contributed by atoms with van der Waals surface area (Å²) in [6.45, 7) is 3.01. The summed E-state index contributed by atoms with van der Waals surface area (Å²) in [5, 5.41) is 1.56. The summed E-state index contributed by atoms with van der Waals surface area (Å²) in [6, 6.07) is 21.1. The molecular formula is C24H18ClNO3. The first kappa shape index (κ1) is 17.8. The van der Waals surface area contributed by atoms with Gasteiger partial charge in [-0.2, -0.15) is 0 Å². The van der Waals surface area contributed by atoms with Gasteiger partial charge < -0.3 is 14.1 Å². The van der Waals surface area contributed by atoms with Crippen LogP contribution in [-0.2, 0) is 6.54 Å². The number of rotatable bonds is 2. The molecule has 4 nitrogen and oxygen atoms in total. The van der Waals surface area contributed by atoms with Gasteiger partial charge in [0.15, 0.2) is 6.73 Å². The molecule has 1 aliphatic rings. The number of halogens is 1. The van der Waals surface area contributed by atoms with Crippen molar-refractivity contribution in [2.45, 2.75) is 13.5 Å². The molecule has 0 saturated carbocycles. The van der Waals surface area contributed by atoms with Gasteiger partial charge >= 0.3 is 5.63 Å². The summed E-state index contributed by atoms with van der Waals surface area (Å²) in [5.74, 6) is 0.738. The predicted molar refractivity (Wildman–Crippen MR) is 116 cm³/mol. The SMILES string of the molecule is Cc1ccc(Cl)cc1N1COc2ccc3c(-c4ccccc4)cc(=O)oc3c2C1. The molecule has 4 aromatic rings. The molecule has 5 heteroatoms. The molecule has 144 valence electrons. The van der Waals surface area contributed by atoms with E-state index in [1.165, 1.54) is 0 Å². The first-order valence-corrected chi connectivity index (χ1v) is 9.77. The Hall–Kier alpha value is -3.24. The fourth-order valence-electron chi connectivity index (χ4n) is 3.87. The number of hydrogen-bond donors (Lipinski definition) is 0. The molecule has 29 heavy (non-hydrogen) atoms. The van der Waals surface area contributed by atoms with E-state index in [1.807, 2.05) is 67.6 Å². The number of hydrogen-bond acceptors (Lipinski definition) is 4. The second-order valence-electron chi connectivity index (χ2n) is 7.17. The summed E-state index contributed by atoms with van der Waals surface area (Å²) >= 11 is 6.21. The highest BCUT2D eigenvalue weighted by molar-refractivity contribution is 6.30. The lowest BCUT2D eigenvalue weighted by Crippen LogP contribution is -2.32. The summed E-state index contributed by atoms with van der Waals surface area (Å²) in [5.41, 5.74) is 5.00. The Labute approximate surface area is 172 Å². The van der Waals surface area contributed by atoms with E-state index in [4.69, 9.17) is 20.8 Å². The van der Waals surface area contributed by atoms with Crippen LogP contribution in [0.5, 0.6) is 5.75 Å². The van der Waals surface area contributed by atoms with E-state index >= 15 is 0 Å². The lowest BCUT2D eigenvalue weighted by atomic mass is 9.99. The van der Waals surface area contributed by atoms with Crippen molar-refractivity contribution in [1.82, 2.24) is 0 Å². The van der Waals surface area contributed by atoms with Crippen LogP contribution in [0.4, 0.5) is 5.69 Å². The molecule has 0 saturated heterocycles. The zero-order valence-corrected chi connectivity index (χ0v) is 16.6. The Morgan fingerprint density at radius 3 is 2.66 bits per heavy atom. The summed E-state index contributed by atoms with van der Waals surface area (Å²) < 4.78 is 11.7. The fourth-order valence-corrected chi connectivity index (χ4v) is 4.03. The second-order valence-corrected chi connectivity index (χ2v) is 7.60. The molecule has 0 atom stereocenters. The number of fused-ring (bicyclic) bond motifs is 3. The molecule has 3 aromatic carbocycles. The zero-order chi connectivity index (χ0) is 20.0. The minimum atomic E-state index is -0.374. The fraction of sp³-hybridized carbons (Fsp3) is 0.125. The summed E-state index contributed by atoms with van der Waals surface area (Å²) in [7, 11) is 0. The minimum absolute atomic E-state index is 0.374. The first-order valence-electron chi connectivity index (χ1n) is 9.39. The highest BCUT2D eigenvalue weighted by Gasteiger charge is 2.24. The van der Waals surface area contributed by atoms with Gasteiger partial charge in [0, 0.05) is 22.2 Å². The molecule has 0 aliphatic carbocycles. The number of benzene rings is 3. The van der Waals surface area contributed by atoms with Crippen LogP contribution in [-0.4, -0.2) is 6.73 Å². The van der Waals surface area contributed by atoms with Crippen molar-refractivity contribution in [3.05, 3.63) is 93.3 Å². The molecule has 1 aromatic heterocycles. The van der Waals surface area contributed by atoms with Crippen LogP contribution in [0.1, 0.15) is 11.1 Å². The zero-order valence-electron chi connectivity index (χ0n) is 15.8. The van der Waals surface area contributed by atoms with E-state index < -0.39 is 0 Å². The van der Waals surface area contributed by atoms with E-state index in [1.54, 1.807) is 6.07 Å². The molecule has 2 heterocycles. The number of ether oxygens (including phenoxy) is 1. The van der Waals surface area contributed by atoms with Gasteiger partial charge in [-0.05, 0) is 47.9 Å². The summed E-state index contributed by atoms with van der Waals surface area (Å²) in [4.78, 5) is 14.5. The number of nitrogens with zero attached hydrogens (tertiary/aromatic N) is 1. The van der Waals surface area contributed by atoms with Crippen LogP contribution in [0.25, 0.3) is 22.1 Å². The van der Waals surface area contributed by atoms with Crippen LogP contribution < -0.4 is 15.3 Å². The minimum Gasteiger partial charge on any atom is -0.473 e. The highest BCUT2D eigenvalue weighted by atomic mass is 35.5. The third-order valence-electron chi connectivity index (χ3n) is 5.29. The van der Waals surface area contributed by atoms with Crippen molar-refractivity contribution < 1.29 is 9.15 Å². The van der Waals surface area contributed by atoms with E-state index in [0.717, 1.165) is 39.1 Å². The maximum absolute atomic E-state index is 12.4. The standard InChI is InChI=1S/C24H18ClNO3/c1-15-7-8-17(25)11-21(15)26-13-20-22(28-14-26)10-9-18-19(12-23(27)29-24(18)20)16-5-3-2-4-6-16/h2-12H,13-14H2,1H3. The molecule has 0 radical (unpaired) electrons. The third kappa shape index (κ3) is 3.15. The Bertz CT molecular complexity index is 1280. The normalized spacial score (nSPS) is 13.2. The highest BCUT2D eigenvalue weighted by Crippen LogP contribution is 2.38. The molecule has 1 aliphatic heterocycles. The van der Waals surface area contributed by atoms with Crippen molar-refractivity contribution >= 4 is 28.3 Å².